The Labute approximate surface area is 173 Å². The van der Waals surface area contributed by atoms with E-state index < -0.39 is 5.97 Å². The summed E-state index contributed by atoms with van der Waals surface area (Å²) in [6.07, 6.45) is 0.0183. The number of rotatable bonds is 10. The van der Waals surface area contributed by atoms with E-state index in [2.05, 4.69) is 15.4 Å². The van der Waals surface area contributed by atoms with E-state index in [1.165, 1.54) is 4.80 Å². The van der Waals surface area contributed by atoms with Crippen molar-refractivity contribution >= 4 is 11.8 Å². The van der Waals surface area contributed by atoms with E-state index in [4.69, 9.17) is 14.2 Å². The minimum atomic E-state index is -0.513. The van der Waals surface area contributed by atoms with Gasteiger partial charge in [-0.05, 0) is 30.3 Å². The molecule has 0 bridgehead atoms. The molecule has 2 aromatic carbocycles. The zero-order chi connectivity index (χ0) is 21.3. The second kappa shape index (κ2) is 10.1. The van der Waals surface area contributed by atoms with Gasteiger partial charge in [0.2, 0.25) is 5.82 Å². The van der Waals surface area contributed by atoms with Crippen LogP contribution in [-0.4, -0.2) is 52.3 Å². The first-order valence-corrected chi connectivity index (χ1v) is 9.43. The highest BCUT2D eigenvalue weighted by Gasteiger charge is 2.13. The first kappa shape index (κ1) is 21.0. The van der Waals surface area contributed by atoms with E-state index in [1.807, 2.05) is 13.0 Å². The molecule has 1 aromatic heterocycles. The summed E-state index contributed by atoms with van der Waals surface area (Å²) in [5, 5.41) is 12.2. The first-order valence-electron chi connectivity index (χ1n) is 9.43. The summed E-state index contributed by atoms with van der Waals surface area (Å²) in [6, 6.07) is 14.0. The second-order valence-corrected chi connectivity index (χ2v) is 6.21. The number of benzene rings is 2. The van der Waals surface area contributed by atoms with E-state index in [0.717, 1.165) is 0 Å². The topological polar surface area (TPSA) is 105 Å². The van der Waals surface area contributed by atoms with Gasteiger partial charge in [0, 0.05) is 11.1 Å². The molecule has 156 valence electrons. The molecule has 0 aliphatic carbocycles. The average molecular weight is 410 g/mol. The van der Waals surface area contributed by atoms with Gasteiger partial charge in [-0.3, -0.25) is 9.59 Å². The number of aromatic nitrogens is 4. The third-order valence-corrected chi connectivity index (χ3v) is 4.15. The van der Waals surface area contributed by atoms with Gasteiger partial charge >= 0.3 is 5.97 Å². The lowest BCUT2D eigenvalue weighted by molar-refractivity contribution is -0.142. The van der Waals surface area contributed by atoms with Crippen LogP contribution >= 0.6 is 0 Å². The van der Waals surface area contributed by atoms with Crippen molar-refractivity contribution in [3.05, 3.63) is 54.1 Å². The van der Waals surface area contributed by atoms with Crippen molar-refractivity contribution in [2.75, 3.05) is 20.3 Å². The van der Waals surface area contributed by atoms with Crippen LogP contribution in [0.15, 0.2) is 48.5 Å². The summed E-state index contributed by atoms with van der Waals surface area (Å²) >= 11 is 0. The van der Waals surface area contributed by atoms with Crippen LogP contribution < -0.4 is 9.47 Å². The second-order valence-electron chi connectivity index (χ2n) is 6.21. The highest BCUT2D eigenvalue weighted by molar-refractivity contribution is 5.97. The first-order chi connectivity index (χ1) is 14.6. The van der Waals surface area contributed by atoms with Gasteiger partial charge in [0.25, 0.3) is 0 Å². The summed E-state index contributed by atoms with van der Waals surface area (Å²) in [6.45, 7) is 2.30. The fourth-order valence-corrected chi connectivity index (χ4v) is 2.65. The molecular formula is C21H22N4O5. The van der Waals surface area contributed by atoms with E-state index >= 15 is 0 Å². The average Bonchev–Trinajstić information content (AvgIpc) is 3.26. The maximum atomic E-state index is 12.0. The van der Waals surface area contributed by atoms with E-state index in [9.17, 15) is 9.59 Å². The SMILES string of the molecule is CCOc1ccc(-c2nnn(CCC(=O)OCC(=O)c3ccccc3)n2)cc1OC. The molecule has 0 atom stereocenters. The quantitative estimate of drug-likeness (QED) is 0.371. The monoisotopic (exact) mass is 410 g/mol. The molecule has 0 aliphatic heterocycles. The van der Waals surface area contributed by atoms with Crippen molar-refractivity contribution in [1.82, 2.24) is 20.2 Å². The number of tetrazole rings is 1. The maximum absolute atomic E-state index is 12.0. The number of ketones is 1. The van der Waals surface area contributed by atoms with Crippen molar-refractivity contribution in [3.8, 4) is 22.9 Å². The molecule has 0 aliphatic rings. The minimum Gasteiger partial charge on any atom is -0.493 e. The number of carbonyl (C=O) groups is 2. The molecule has 9 nitrogen and oxygen atoms in total. The Hall–Kier alpha value is -3.75. The summed E-state index contributed by atoms with van der Waals surface area (Å²) in [7, 11) is 1.56. The number of esters is 1. The van der Waals surface area contributed by atoms with Crippen LogP contribution in [-0.2, 0) is 16.1 Å². The Kier molecular flexibility index (Phi) is 7.09. The Morgan fingerprint density at radius 2 is 1.87 bits per heavy atom. The predicted molar refractivity (Wildman–Crippen MR) is 107 cm³/mol. The number of Topliss-reactive ketones (excluding diaryl/α,β-unsaturated/α-hetero) is 1. The van der Waals surface area contributed by atoms with E-state index in [1.54, 1.807) is 49.6 Å². The van der Waals surface area contributed by atoms with Crippen LogP contribution in [0.25, 0.3) is 11.4 Å². The summed E-state index contributed by atoms with van der Waals surface area (Å²) in [5.74, 6) is 0.820. The molecular weight excluding hydrogens is 388 g/mol. The van der Waals surface area contributed by atoms with Gasteiger partial charge in [-0.15, -0.1) is 10.2 Å². The molecule has 0 radical (unpaired) electrons. The number of hydrogen-bond donors (Lipinski definition) is 0. The van der Waals surface area contributed by atoms with Crippen LogP contribution in [0.1, 0.15) is 23.7 Å². The van der Waals surface area contributed by atoms with Crippen LogP contribution in [0.4, 0.5) is 0 Å². The van der Waals surface area contributed by atoms with Gasteiger partial charge in [-0.2, -0.15) is 4.80 Å². The lowest BCUT2D eigenvalue weighted by atomic mass is 10.1. The number of methoxy groups -OCH3 is 1. The number of nitrogens with zero attached hydrogens (tertiary/aromatic N) is 4. The lowest BCUT2D eigenvalue weighted by Gasteiger charge is -2.09. The molecule has 3 rings (SSSR count). The van der Waals surface area contributed by atoms with E-state index in [-0.39, 0.29) is 25.4 Å². The summed E-state index contributed by atoms with van der Waals surface area (Å²) < 4.78 is 15.9. The molecule has 0 unspecified atom stereocenters. The third-order valence-electron chi connectivity index (χ3n) is 4.15. The Balaban J connectivity index is 1.53. The molecule has 30 heavy (non-hydrogen) atoms. The van der Waals surface area contributed by atoms with Gasteiger partial charge in [0.1, 0.15) is 0 Å². The van der Waals surface area contributed by atoms with Crippen LogP contribution in [0, 0.1) is 0 Å². The molecule has 9 heteroatoms. The number of ether oxygens (including phenoxy) is 3. The molecule has 0 saturated carbocycles. The van der Waals surface area contributed by atoms with Gasteiger partial charge < -0.3 is 14.2 Å². The maximum Gasteiger partial charge on any atom is 0.308 e. The Morgan fingerprint density at radius 3 is 2.60 bits per heavy atom. The van der Waals surface area contributed by atoms with Gasteiger partial charge in [0.15, 0.2) is 23.9 Å². The molecule has 1 heterocycles. The molecule has 0 saturated heterocycles. The van der Waals surface area contributed by atoms with Crippen molar-refractivity contribution in [1.29, 1.82) is 0 Å². The fourth-order valence-electron chi connectivity index (χ4n) is 2.65. The summed E-state index contributed by atoms with van der Waals surface area (Å²) in [5.41, 5.74) is 1.20. The van der Waals surface area contributed by atoms with Gasteiger partial charge in [-0.1, -0.05) is 30.3 Å². The van der Waals surface area contributed by atoms with Crippen molar-refractivity contribution in [2.24, 2.45) is 0 Å². The Bertz CT molecular complexity index is 1000. The van der Waals surface area contributed by atoms with Crippen LogP contribution in [0.2, 0.25) is 0 Å². The number of carbonyl (C=O) groups excluding carboxylic acids is 2. The molecule has 0 amide bonds. The van der Waals surface area contributed by atoms with Crippen LogP contribution in [0.5, 0.6) is 11.5 Å². The Morgan fingerprint density at radius 1 is 1.07 bits per heavy atom. The van der Waals surface area contributed by atoms with Gasteiger partial charge in [-0.25, -0.2) is 0 Å². The summed E-state index contributed by atoms with van der Waals surface area (Å²) in [4.78, 5) is 25.2. The zero-order valence-corrected chi connectivity index (χ0v) is 16.8. The van der Waals surface area contributed by atoms with Crippen molar-refractivity contribution in [2.45, 2.75) is 19.9 Å². The zero-order valence-electron chi connectivity index (χ0n) is 16.8. The molecule has 0 N–H and O–H groups in total. The predicted octanol–water partition coefficient (Wildman–Crippen LogP) is 2.56. The molecule has 0 spiro atoms. The van der Waals surface area contributed by atoms with Crippen molar-refractivity contribution in [3.63, 3.8) is 0 Å². The van der Waals surface area contributed by atoms with Crippen molar-refractivity contribution < 1.29 is 23.8 Å². The molecule has 3 aromatic rings. The van der Waals surface area contributed by atoms with E-state index in [0.29, 0.717) is 35.1 Å². The largest absolute Gasteiger partial charge is 0.493 e. The molecule has 0 fully saturated rings. The number of aryl methyl sites for hydroxylation is 1. The number of hydrogen-bond acceptors (Lipinski definition) is 8. The fraction of sp³-hybridized carbons (Fsp3) is 0.286. The third kappa shape index (κ3) is 5.40. The normalized spacial score (nSPS) is 10.5. The van der Waals surface area contributed by atoms with Crippen LogP contribution in [0.3, 0.4) is 0 Å². The lowest BCUT2D eigenvalue weighted by Crippen LogP contribution is -2.16. The highest BCUT2D eigenvalue weighted by atomic mass is 16.5. The standard InChI is InChI=1S/C21H22N4O5/c1-3-29-18-10-9-16(13-19(18)28-2)21-22-24-25(23-21)12-11-20(27)30-14-17(26)15-7-5-4-6-8-15/h4-10,13H,3,11-12,14H2,1-2H3. The smallest absolute Gasteiger partial charge is 0.308 e. The highest BCUT2D eigenvalue weighted by Crippen LogP contribution is 2.31. The van der Waals surface area contributed by atoms with Gasteiger partial charge in [0.05, 0.1) is 26.7 Å². The minimum absolute atomic E-state index is 0.0183.